The Labute approximate surface area is 157 Å². The van der Waals surface area contributed by atoms with Gasteiger partial charge < -0.3 is 0 Å². The molecule has 2 rings (SSSR count). The Balaban J connectivity index is 2.73. The lowest BCUT2D eigenvalue weighted by molar-refractivity contribution is -0.387. The number of anilines is 1. The van der Waals surface area contributed by atoms with Crippen LogP contribution in [0.4, 0.5) is 11.4 Å². The molecule has 7 nitrogen and oxygen atoms in total. The summed E-state index contributed by atoms with van der Waals surface area (Å²) in [4.78, 5) is 21.5. The minimum atomic E-state index is -4.43. The number of carbonyl (C=O) groups is 1. The molecule has 10 heteroatoms. The van der Waals surface area contributed by atoms with Crippen molar-refractivity contribution >= 4 is 54.2 Å². The Hall–Kier alpha value is -1.97. The Morgan fingerprint density at radius 3 is 2.44 bits per heavy atom. The van der Waals surface area contributed by atoms with Crippen molar-refractivity contribution in [3.63, 3.8) is 0 Å². The zero-order chi connectivity index (χ0) is 18.8. The van der Waals surface area contributed by atoms with Crippen molar-refractivity contribution in [3.05, 3.63) is 63.1 Å². The fraction of sp³-hybridized carbons (Fsp3) is 0.133. The minimum Gasteiger partial charge on any atom is -0.279 e. The highest BCUT2D eigenvalue weighted by Crippen LogP contribution is 2.32. The van der Waals surface area contributed by atoms with E-state index in [1.807, 2.05) is 0 Å². The Morgan fingerprint density at radius 1 is 1.24 bits per heavy atom. The van der Waals surface area contributed by atoms with Gasteiger partial charge in [0.25, 0.3) is 15.7 Å². The van der Waals surface area contributed by atoms with Gasteiger partial charge >= 0.3 is 0 Å². The number of nitro groups is 1. The molecular weight excluding hydrogens is 436 g/mol. The van der Waals surface area contributed by atoms with E-state index in [4.69, 9.17) is 11.6 Å². The predicted molar refractivity (Wildman–Crippen MR) is 97.2 cm³/mol. The highest BCUT2D eigenvalue weighted by Gasteiger charge is 2.36. The highest BCUT2D eigenvalue weighted by atomic mass is 79.9. The van der Waals surface area contributed by atoms with Gasteiger partial charge in [0.15, 0.2) is 4.90 Å². The third-order valence-electron chi connectivity index (χ3n) is 3.34. The van der Waals surface area contributed by atoms with Crippen molar-refractivity contribution < 1.29 is 18.1 Å². The maximum Gasteiger partial charge on any atom is 0.289 e. The fourth-order valence-corrected chi connectivity index (χ4v) is 4.52. The Kier molecular flexibility index (Phi) is 5.81. The normalized spacial score (nSPS) is 12.4. The van der Waals surface area contributed by atoms with E-state index in [2.05, 4.69) is 15.9 Å². The molecule has 0 amide bonds. The number of nitro benzene ring substituents is 1. The van der Waals surface area contributed by atoms with Crippen LogP contribution < -0.4 is 4.31 Å². The van der Waals surface area contributed by atoms with Crippen molar-refractivity contribution in [2.45, 2.75) is 17.9 Å². The summed E-state index contributed by atoms with van der Waals surface area (Å²) >= 11 is 8.75. The van der Waals surface area contributed by atoms with E-state index in [1.165, 1.54) is 31.2 Å². The van der Waals surface area contributed by atoms with Crippen molar-refractivity contribution in [2.75, 3.05) is 4.31 Å². The number of sulfonamides is 1. The molecule has 2 aromatic carbocycles. The number of carbonyl (C=O) groups excluding carboxylic acids is 1. The Bertz CT molecular complexity index is 935. The maximum absolute atomic E-state index is 13.1. The average Bonchev–Trinajstić information content (AvgIpc) is 2.54. The quantitative estimate of drug-likeness (QED) is 0.382. The van der Waals surface area contributed by atoms with Gasteiger partial charge in [0, 0.05) is 10.5 Å². The first-order valence-corrected chi connectivity index (χ1v) is 9.50. The number of nitrogens with zero attached hydrogens (tertiary/aromatic N) is 2. The van der Waals surface area contributed by atoms with Crippen LogP contribution >= 0.6 is 27.5 Å². The second-order valence-corrected chi connectivity index (χ2v) is 8.06. The van der Waals surface area contributed by atoms with Gasteiger partial charge in [0.2, 0.25) is 5.24 Å². The summed E-state index contributed by atoms with van der Waals surface area (Å²) in [6.07, 6.45) is 0. The molecule has 0 fully saturated rings. The highest BCUT2D eigenvalue weighted by molar-refractivity contribution is 9.10. The molecule has 0 aliphatic heterocycles. The molecule has 0 bridgehead atoms. The van der Waals surface area contributed by atoms with E-state index in [0.717, 1.165) is 16.4 Å². The molecule has 0 saturated heterocycles. The van der Waals surface area contributed by atoms with E-state index < -0.39 is 36.8 Å². The number of hydrogen-bond acceptors (Lipinski definition) is 5. The molecule has 2 aromatic rings. The van der Waals surface area contributed by atoms with Crippen LogP contribution in [0, 0.1) is 10.1 Å². The summed E-state index contributed by atoms with van der Waals surface area (Å²) in [7, 11) is -4.43. The van der Waals surface area contributed by atoms with Crippen LogP contribution in [0.3, 0.4) is 0 Å². The largest absolute Gasteiger partial charge is 0.289 e. The molecule has 132 valence electrons. The van der Waals surface area contributed by atoms with Crippen molar-refractivity contribution in [3.8, 4) is 0 Å². The number of rotatable bonds is 6. The lowest BCUT2D eigenvalue weighted by Crippen LogP contribution is -2.42. The van der Waals surface area contributed by atoms with E-state index in [0.29, 0.717) is 4.47 Å². The van der Waals surface area contributed by atoms with Gasteiger partial charge in [-0.1, -0.05) is 34.1 Å². The van der Waals surface area contributed by atoms with Gasteiger partial charge in [-0.05, 0) is 42.8 Å². The van der Waals surface area contributed by atoms with Crippen LogP contribution in [-0.4, -0.2) is 24.6 Å². The summed E-state index contributed by atoms with van der Waals surface area (Å²) in [5.41, 5.74) is -0.439. The lowest BCUT2D eigenvalue weighted by atomic mass is 10.3. The van der Waals surface area contributed by atoms with Crippen LogP contribution in [0.15, 0.2) is 57.9 Å². The van der Waals surface area contributed by atoms with Crippen molar-refractivity contribution in [2.24, 2.45) is 0 Å². The molecule has 1 atom stereocenters. The van der Waals surface area contributed by atoms with Crippen LogP contribution in [0.2, 0.25) is 0 Å². The van der Waals surface area contributed by atoms with E-state index in [-0.39, 0.29) is 5.69 Å². The maximum atomic E-state index is 13.1. The van der Waals surface area contributed by atoms with Gasteiger partial charge in [-0.15, -0.1) is 0 Å². The molecule has 0 aliphatic carbocycles. The van der Waals surface area contributed by atoms with Crippen LogP contribution in [-0.2, 0) is 14.8 Å². The third kappa shape index (κ3) is 4.00. The van der Waals surface area contributed by atoms with E-state index in [9.17, 15) is 23.3 Å². The first-order chi connectivity index (χ1) is 11.7. The number of para-hydroxylation sites is 1. The average molecular weight is 448 g/mol. The fourth-order valence-electron chi connectivity index (χ4n) is 2.21. The van der Waals surface area contributed by atoms with Gasteiger partial charge in [0.05, 0.1) is 10.6 Å². The van der Waals surface area contributed by atoms with Crippen LogP contribution in [0.5, 0.6) is 0 Å². The van der Waals surface area contributed by atoms with Crippen LogP contribution in [0.25, 0.3) is 0 Å². The zero-order valence-electron chi connectivity index (χ0n) is 12.8. The topological polar surface area (TPSA) is 97.6 Å². The van der Waals surface area contributed by atoms with Gasteiger partial charge in [-0.3, -0.25) is 19.2 Å². The standard InChI is InChI=1S/C15H12BrClN2O5S/c1-10(15(17)20)18(12-6-4-5-11(16)9-12)25(23,24)14-8-3-2-7-13(14)19(21)22/h2-10H,1H3. The molecule has 0 aliphatic rings. The first kappa shape index (κ1) is 19.4. The molecular formula is C15H12BrClN2O5S. The smallest absolute Gasteiger partial charge is 0.279 e. The second kappa shape index (κ2) is 7.51. The van der Waals surface area contributed by atoms with E-state index in [1.54, 1.807) is 12.1 Å². The van der Waals surface area contributed by atoms with E-state index >= 15 is 0 Å². The number of benzene rings is 2. The van der Waals surface area contributed by atoms with Gasteiger partial charge in [-0.2, -0.15) is 0 Å². The van der Waals surface area contributed by atoms with Crippen LogP contribution in [0.1, 0.15) is 6.92 Å². The van der Waals surface area contributed by atoms with Gasteiger partial charge in [0.1, 0.15) is 6.04 Å². The van der Waals surface area contributed by atoms with Crippen molar-refractivity contribution in [1.29, 1.82) is 0 Å². The first-order valence-electron chi connectivity index (χ1n) is 6.89. The Morgan fingerprint density at radius 2 is 1.88 bits per heavy atom. The minimum absolute atomic E-state index is 0.147. The second-order valence-electron chi connectivity index (χ2n) is 4.99. The SMILES string of the molecule is CC(C(=O)Cl)N(c1cccc(Br)c1)S(=O)(=O)c1ccccc1[N+](=O)[O-]. The van der Waals surface area contributed by atoms with Gasteiger partial charge in [-0.25, -0.2) is 8.42 Å². The monoisotopic (exact) mass is 446 g/mol. The van der Waals surface area contributed by atoms with Crippen molar-refractivity contribution in [1.82, 2.24) is 0 Å². The summed E-state index contributed by atoms with van der Waals surface area (Å²) in [6, 6.07) is 9.85. The molecule has 0 aromatic heterocycles. The summed E-state index contributed by atoms with van der Waals surface area (Å²) in [6.45, 7) is 1.31. The summed E-state index contributed by atoms with van der Waals surface area (Å²) in [5.74, 6) is 0. The number of hydrogen-bond donors (Lipinski definition) is 0. The molecule has 25 heavy (non-hydrogen) atoms. The zero-order valence-corrected chi connectivity index (χ0v) is 16.0. The summed E-state index contributed by atoms with van der Waals surface area (Å²) < 4.78 is 27.6. The molecule has 0 saturated carbocycles. The third-order valence-corrected chi connectivity index (χ3v) is 6.10. The molecule has 0 radical (unpaired) electrons. The molecule has 0 heterocycles. The lowest BCUT2D eigenvalue weighted by Gasteiger charge is -2.28. The molecule has 0 N–H and O–H groups in total. The predicted octanol–water partition coefficient (Wildman–Crippen LogP) is 3.71. The summed E-state index contributed by atoms with van der Waals surface area (Å²) in [5, 5.41) is 10.3. The number of halogens is 2. The molecule has 0 spiro atoms. The molecule has 1 unspecified atom stereocenters.